The molecule has 1 saturated heterocycles. The number of H-pyrrole nitrogens is 1. The average molecular weight is 487 g/mol. The number of fused-ring (bicyclic) bond motifs is 1. The lowest BCUT2D eigenvalue weighted by Gasteiger charge is -2.32. The molecule has 0 aliphatic carbocycles. The SMILES string of the molecule is C=CC(=O)N1CCC[C@@H](NCc2ccc(Nc3ncc(Cl)c(-c4c[nH]c5ccccc45)n3)cc2)C1. The van der Waals surface area contributed by atoms with Crippen molar-refractivity contribution in [1.82, 2.24) is 25.2 Å². The zero-order valence-corrected chi connectivity index (χ0v) is 20.1. The van der Waals surface area contributed by atoms with Gasteiger partial charge in [-0.1, -0.05) is 48.5 Å². The number of benzene rings is 2. The molecule has 2 aromatic carbocycles. The van der Waals surface area contributed by atoms with Gasteiger partial charge in [-0.3, -0.25) is 4.79 Å². The van der Waals surface area contributed by atoms with Crippen LogP contribution in [0.15, 0.2) is 73.6 Å². The number of hydrogen-bond donors (Lipinski definition) is 3. The van der Waals surface area contributed by atoms with Gasteiger partial charge in [-0.2, -0.15) is 0 Å². The summed E-state index contributed by atoms with van der Waals surface area (Å²) in [4.78, 5) is 26.1. The van der Waals surface area contributed by atoms with Crippen molar-refractivity contribution >= 4 is 40.0 Å². The lowest BCUT2D eigenvalue weighted by molar-refractivity contribution is -0.127. The molecule has 178 valence electrons. The van der Waals surface area contributed by atoms with Gasteiger partial charge in [0.25, 0.3) is 0 Å². The van der Waals surface area contributed by atoms with E-state index in [4.69, 9.17) is 11.6 Å². The van der Waals surface area contributed by atoms with Crippen LogP contribution in [0, 0.1) is 0 Å². The van der Waals surface area contributed by atoms with Crippen LogP contribution in [0.5, 0.6) is 0 Å². The van der Waals surface area contributed by atoms with Gasteiger partial charge in [-0.15, -0.1) is 0 Å². The van der Waals surface area contributed by atoms with E-state index in [1.54, 1.807) is 6.20 Å². The molecule has 0 saturated carbocycles. The zero-order valence-electron chi connectivity index (χ0n) is 19.3. The average Bonchev–Trinajstić information content (AvgIpc) is 3.33. The monoisotopic (exact) mass is 486 g/mol. The Morgan fingerprint density at radius 2 is 2.06 bits per heavy atom. The second-order valence-corrected chi connectivity index (χ2v) is 9.08. The van der Waals surface area contributed by atoms with Crippen LogP contribution in [0.25, 0.3) is 22.2 Å². The number of aromatic nitrogens is 3. The number of carbonyl (C=O) groups excluding carboxylic acids is 1. The Morgan fingerprint density at radius 3 is 2.89 bits per heavy atom. The number of nitrogens with zero attached hydrogens (tertiary/aromatic N) is 3. The van der Waals surface area contributed by atoms with Crippen LogP contribution in [0.4, 0.5) is 11.6 Å². The first-order valence-electron chi connectivity index (χ1n) is 11.7. The van der Waals surface area contributed by atoms with Crippen molar-refractivity contribution in [3.8, 4) is 11.3 Å². The third kappa shape index (κ3) is 5.21. The topological polar surface area (TPSA) is 85.9 Å². The number of anilines is 2. The molecule has 3 N–H and O–H groups in total. The molecule has 3 heterocycles. The Bertz CT molecular complexity index is 1350. The predicted octanol–water partition coefficient (Wildman–Crippen LogP) is 5.29. The molecular weight excluding hydrogens is 460 g/mol. The van der Waals surface area contributed by atoms with Crippen molar-refractivity contribution in [2.45, 2.75) is 25.4 Å². The quantitative estimate of drug-likeness (QED) is 0.309. The fourth-order valence-electron chi connectivity index (χ4n) is 4.45. The number of carbonyl (C=O) groups is 1. The van der Waals surface area contributed by atoms with Crippen molar-refractivity contribution in [3.05, 3.63) is 84.2 Å². The number of halogens is 1. The first-order chi connectivity index (χ1) is 17.1. The van der Waals surface area contributed by atoms with E-state index in [0.717, 1.165) is 54.6 Å². The van der Waals surface area contributed by atoms with Crippen LogP contribution >= 0.6 is 11.6 Å². The summed E-state index contributed by atoms with van der Waals surface area (Å²) in [5.74, 6) is 0.485. The van der Waals surface area contributed by atoms with Gasteiger partial charge < -0.3 is 20.5 Å². The maximum atomic E-state index is 11.9. The molecule has 0 unspecified atom stereocenters. The van der Waals surface area contributed by atoms with Crippen molar-refractivity contribution in [2.24, 2.45) is 0 Å². The van der Waals surface area contributed by atoms with Gasteiger partial charge >= 0.3 is 0 Å². The molecule has 1 aliphatic heterocycles. The highest BCUT2D eigenvalue weighted by atomic mass is 35.5. The van der Waals surface area contributed by atoms with E-state index >= 15 is 0 Å². The predicted molar refractivity (Wildman–Crippen MR) is 141 cm³/mol. The maximum absolute atomic E-state index is 11.9. The van der Waals surface area contributed by atoms with E-state index in [-0.39, 0.29) is 11.9 Å². The fourth-order valence-corrected chi connectivity index (χ4v) is 4.65. The summed E-state index contributed by atoms with van der Waals surface area (Å²) < 4.78 is 0. The molecule has 35 heavy (non-hydrogen) atoms. The van der Waals surface area contributed by atoms with E-state index in [0.29, 0.717) is 16.7 Å². The Morgan fingerprint density at radius 1 is 1.23 bits per heavy atom. The van der Waals surface area contributed by atoms with Gasteiger partial charge in [-0.25, -0.2) is 9.97 Å². The van der Waals surface area contributed by atoms with Crippen LogP contribution in [-0.2, 0) is 11.3 Å². The van der Waals surface area contributed by atoms with Gasteiger partial charge in [-0.05, 0) is 42.7 Å². The summed E-state index contributed by atoms with van der Waals surface area (Å²) in [7, 11) is 0. The standard InChI is InChI=1S/C27H27ClN6O/c1-2-25(35)34-13-5-6-20(17-34)29-14-18-9-11-19(12-10-18)32-27-31-16-23(28)26(33-27)22-15-30-24-8-4-3-7-21(22)24/h2-4,7-12,15-16,20,29-30H,1,5-6,13-14,17H2,(H,31,32,33)/t20-/m1/s1. The van der Waals surface area contributed by atoms with Gasteiger partial charge in [0.2, 0.25) is 11.9 Å². The molecule has 1 aliphatic rings. The number of likely N-dealkylation sites (tertiary alicyclic amines) is 1. The second kappa shape index (κ2) is 10.3. The number of hydrogen-bond acceptors (Lipinski definition) is 5. The zero-order chi connectivity index (χ0) is 24.2. The van der Waals surface area contributed by atoms with Gasteiger partial charge in [0, 0.05) is 54.0 Å². The smallest absolute Gasteiger partial charge is 0.246 e. The van der Waals surface area contributed by atoms with Gasteiger partial charge in [0.05, 0.1) is 16.9 Å². The van der Waals surface area contributed by atoms with Crippen molar-refractivity contribution in [1.29, 1.82) is 0 Å². The minimum absolute atomic E-state index is 0.00389. The summed E-state index contributed by atoms with van der Waals surface area (Å²) in [6, 6.07) is 16.5. The number of aromatic amines is 1. The molecule has 1 amide bonds. The third-order valence-electron chi connectivity index (χ3n) is 6.30. The summed E-state index contributed by atoms with van der Waals surface area (Å²) >= 11 is 6.45. The molecule has 0 bridgehead atoms. The molecule has 4 aromatic rings. The summed E-state index contributed by atoms with van der Waals surface area (Å²) in [5, 5.41) is 8.40. The van der Waals surface area contributed by atoms with Crippen LogP contribution in [0.1, 0.15) is 18.4 Å². The first kappa shape index (κ1) is 23.1. The molecule has 0 radical (unpaired) electrons. The van der Waals surface area contributed by atoms with E-state index in [9.17, 15) is 4.79 Å². The summed E-state index contributed by atoms with van der Waals surface area (Å²) in [6.07, 6.45) is 7.00. The Labute approximate surface area is 209 Å². The highest BCUT2D eigenvalue weighted by Gasteiger charge is 2.21. The first-order valence-corrected chi connectivity index (χ1v) is 12.1. The number of amides is 1. The highest BCUT2D eigenvalue weighted by Crippen LogP contribution is 2.32. The molecule has 1 fully saturated rings. The van der Waals surface area contributed by atoms with Crippen LogP contribution in [0.3, 0.4) is 0 Å². The van der Waals surface area contributed by atoms with E-state index in [1.165, 1.54) is 11.6 Å². The van der Waals surface area contributed by atoms with Gasteiger partial charge in [0.15, 0.2) is 0 Å². The second-order valence-electron chi connectivity index (χ2n) is 8.67. The fraction of sp³-hybridized carbons (Fsp3) is 0.222. The Kier molecular flexibility index (Phi) is 6.79. The molecule has 0 spiro atoms. The number of para-hydroxylation sites is 1. The minimum Gasteiger partial charge on any atom is -0.360 e. The van der Waals surface area contributed by atoms with Gasteiger partial charge in [0.1, 0.15) is 0 Å². The number of nitrogens with one attached hydrogen (secondary N) is 3. The van der Waals surface area contributed by atoms with Crippen molar-refractivity contribution in [2.75, 3.05) is 18.4 Å². The van der Waals surface area contributed by atoms with E-state index in [2.05, 4.69) is 44.3 Å². The molecule has 2 aromatic heterocycles. The van der Waals surface area contributed by atoms with Crippen molar-refractivity contribution in [3.63, 3.8) is 0 Å². The normalized spacial score (nSPS) is 15.8. The maximum Gasteiger partial charge on any atom is 0.246 e. The largest absolute Gasteiger partial charge is 0.360 e. The number of piperidine rings is 1. The molecular formula is C27H27ClN6O. The third-order valence-corrected chi connectivity index (χ3v) is 6.58. The summed E-state index contributed by atoms with van der Waals surface area (Å²) in [6.45, 7) is 5.85. The lowest BCUT2D eigenvalue weighted by atomic mass is 10.0. The molecule has 8 heteroatoms. The lowest BCUT2D eigenvalue weighted by Crippen LogP contribution is -2.47. The molecule has 1 atom stereocenters. The number of rotatable bonds is 7. The summed E-state index contributed by atoms with van der Waals surface area (Å²) in [5.41, 5.74) is 4.71. The van der Waals surface area contributed by atoms with Crippen LogP contribution < -0.4 is 10.6 Å². The minimum atomic E-state index is 0.00389. The van der Waals surface area contributed by atoms with Crippen LogP contribution in [0.2, 0.25) is 5.02 Å². The van der Waals surface area contributed by atoms with E-state index in [1.807, 2.05) is 47.5 Å². The van der Waals surface area contributed by atoms with Crippen molar-refractivity contribution < 1.29 is 4.79 Å². The highest BCUT2D eigenvalue weighted by molar-refractivity contribution is 6.33. The molecule has 5 rings (SSSR count). The Balaban J connectivity index is 1.23. The van der Waals surface area contributed by atoms with Crippen LogP contribution in [-0.4, -0.2) is 44.9 Å². The molecule has 7 nitrogen and oxygen atoms in total. The Hall–Kier alpha value is -3.68. The van der Waals surface area contributed by atoms with E-state index < -0.39 is 0 Å².